The van der Waals surface area contributed by atoms with E-state index in [1.54, 1.807) is 0 Å². The van der Waals surface area contributed by atoms with E-state index in [2.05, 4.69) is 0 Å². The van der Waals surface area contributed by atoms with Crippen molar-refractivity contribution in [1.29, 1.82) is 0 Å². The van der Waals surface area contributed by atoms with Crippen LogP contribution in [0.15, 0.2) is 0 Å². The van der Waals surface area contributed by atoms with Crippen molar-refractivity contribution in [3.8, 4) is 0 Å². The fraction of sp³-hybridized carbons (Fsp3) is 0.750. The third-order valence-corrected chi connectivity index (χ3v) is 0. The smallest absolute Gasteiger partial charge is 0.126 e. The number of carbonyl (C=O) groups is 1. The molecule has 4 heteroatoms. The largest absolute Gasteiger partial charge is 0.412 e. The van der Waals surface area contributed by atoms with Gasteiger partial charge in [0.05, 0.1) is 0 Å². The summed E-state index contributed by atoms with van der Waals surface area (Å²) in [5, 5.41) is 7.00. The number of aliphatic hydroxyl groups excluding tert-OH is 1. The van der Waals surface area contributed by atoms with Crippen molar-refractivity contribution in [1.82, 2.24) is 0 Å². The number of carbonyl (C=O) groups excluding carboxylic acids is 1. The SMILES string of the molecule is CC(C)=O.CO.O.O. The molecule has 0 aliphatic rings. The van der Waals surface area contributed by atoms with Gasteiger partial charge >= 0.3 is 0 Å². The predicted molar refractivity (Wildman–Crippen MR) is 31.7 cm³/mol. The lowest BCUT2D eigenvalue weighted by Crippen LogP contribution is -1.69. The first-order valence-corrected chi connectivity index (χ1v) is 1.65. The second-order valence-corrected chi connectivity index (χ2v) is 0.908. The third-order valence-electron chi connectivity index (χ3n) is 0. The van der Waals surface area contributed by atoms with Crippen LogP contribution in [0.5, 0.6) is 0 Å². The number of aliphatic hydroxyl groups is 1. The van der Waals surface area contributed by atoms with Gasteiger partial charge in [0.25, 0.3) is 0 Å². The maximum absolute atomic E-state index is 9.44. The minimum Gasteiger partial charge on any atom is -0.412 e. The topological polar surface area (TPSA) is 100 Å². The summed E-state index contributed by atoms with van der Waals surface area (Å²) in [4.78, 5) is 9.44. The standard InChI is InChI=1S/C3H6O.CH4O.2H2O/c1-3(2)4;1-2;;/h1-2H3;2H,1H3;2*1H2. The van der Waals surface area contributed by atoms with Crippen LogP contribution in [0, 0.1) is 0 Å². The molecule has 0 saturated heterocycles. The van der Waals surface area contributed by atoms with E-state index in [1.807, 2.05) is 0 Å². The van der Waals surface area contributed by atoms with Gasteiger partial charge in [-0.2, -0.15) is 0 Å². The van der Waals surface area contributed by atoms with Crippen molar-refractivity contribution in [2.75, 3.05) is 7.11 Å². The van der Waals surface area contributed by atoms with Gasteiger partial charge in [-0.25, -0.2) is 0 Å². The third kappa shape index (κ3) is 567. The lowest BCUT2D eigenvalue weighted by atomic mass is 10.6. The Hall–Kier alpha value is -0.450. The summed E-state index contributed by atoms with van der Waals surface area (Å²) in [6, 6.07) is 0. The molecule has 0 fully saturated rings. The van der Waals surface area contributed by atoms with Crippen LogP contribution in [0.25, 0.3) is 0 Å². The second-order valence-electron chi connectivity index (χ2n) is 0.908. The van der Waals surface area contributed by atoms with E-state index in [1.165, 1.54) is 13.8 Å². The van der Waals surface area contributed by atoms with Crippen molar-refractivity contribution in [3.63, 3.8) is 0 Å². The maximum Gasteiger partial charge on any atom is 0.126 e. The summed E-state index contributed by atoms with van der Waals surface area (Å²) >= 11 is 0. The average molecular weight is 126 g/mol. The first kappa shape index (κ1) is 25.7. The molecule has 0 unspecified atom stereocenters. The zero-order valence-electron chi connectivity index (χ0n) is 5.36. The van der Waals surface area contributed by atoms with Crippen LogP contribution in [0.2, 0.25) is 0 Å². The highest BCUT2D eigenvalue weighted by Crippen LogP contribution is 1.50. The Kier molecular flexibility index (Phi) is 99.7. The molecule has 0 aromatic carbocycles. The van der Waals surface area contributed by atoms with Gasteiger partial charge in [-0.05, 0) is 13.8 Å². The first-order chi connectivity index (χ1) is 2.73. The molecule has 0 atom stereocenters. The van der Waals surface area contributed by atoms with E-state index >= 15 is 0 Å². The molecule has 0 amide bonds. The lowest BCUT2D eigenvalue weighted by Gasteiger charge is -1.56. The Bertz CT molecular complexity index is 31.0. The number of ketones is 1. The first-order valence-electron chi connectivity index (χ1n) is 1.65. The van der Waals surface area contributed by atoms with E-state index in [4.69, 9.17) is 5.11 Å². The highest BCUT2D eigenvalue weighted by atomic mass is 16.2. The van der Waals surface area contributed by atoms with Crippen LogP contribution < -0.4 is 0 Å². The molecule has 0 saturated carbocycles. The summed E-state index contributed by atoms with van der Waals surface area (Å²) in [5.74, 6) is 0.167. The summed E-state index contributed by atoms with van der Waals surface area (Å²) in [6.45, 7) is 3.06. The van der Waals surface area contributed by atoms with Gasteiger partial charge in [-0.15, -0.1) is 0 Å². The van der Waals surface area contributed by atoms with Crippen molar-refractivity contribution in [2.45, 2.75) is 13.8 Å². The van der Waals surface area contributed by atoms with E-state index in [0.29, 0.717) is 0 Å². The molecule has 8 heavy (non-hydrogen) atoms. The molecule has 0 aliphatic heterocycles. The van der Waals surface area contributed by atoms with Gasteiger partial charge in [0.15, 0.2) is 0 Å². The summed E-state index contributed by atoms with van der Waals surface area (Å²) in [7, 11) is 1.00. The molecule has 0 aliphatic carbocycles. The van der Waals surface area contributed by atoms with Gasteiger partial charge < -0.3 is 20.9 Å². The van der Waals surface area contributed by atoms with Gasteiger partial charge in [-0.1, -0.05) is 0 Å². The van der Waals surface area contributed by atoms with Crippen LogP contribution in [0.4, 0.5) is 0 Å². The molecular formula is C4H14O4. The summed E-state index contributed by atoms with van der Waals surface area (Å²) in [5.41, 5.74) is 0. The van der Waals surface area contributed by atoms with Crippen LogP contribution in [-0.4, -0.2) is 29.0 Å². The Labute approximate surface area is 48.8 Å². The highest BCUT2D eigenvalue weighted by Gasteiger charge is 1.62. The molecule has 0 aromatic heterocycles. The highest BCUT2D eigenvalue weighted by molar-refractivity contribution is 5.72. The maximum atomic E-state index is 9.44. The number of Topliss-reactive ketones (excluding diaryl/α,β-unsaturated/α-hetero) is 1. The number of hydrogen-bond acceptors (Lipinski definition) is 2. The molecule has 0 aromatic rings. The Balaban J connectivity index is -0.0000000183. The molecule has 54 valence electrons. The predicted octanol–water partition coefficient (Wildman–Crippen LogP) is -1.45. The monoisotopic (exact) mass is 126 g/mol. The fourth-order valence-electron chi connectivity index (χ4n) is 0. The Morgan fingerprint density at radius 2 is 1.12 bits per heavy atom. The zero-order chi connectivity index (χ0) is 5.58. The molecule has 0 bridgehead atoms. The van der Waals surface area contributed by atoms with Gasteiger partial charge in [-0.3, -0.25) is 0 Å². The van der Waals surface area contributed by atoms with Gasteiger partial charge in [0.2, 0.25) is 0 Å². The Morgan fingerprint density at radius 3 is 1.12 bits per heavy atom. The molecule has 5 N–H and O–H groups in total. The van der Waals surface area contributed by atoms with E-state index in [-0.39, 0.29) is 16.7 Å². The van der Waals surface area contributed by atoms with E-state index in [9.17, 15) is 4.79 Å². The van der Waals surface area contributed by atoms with E-state index < -0.39 is 0 Å². The average Bonchev–Trinajstić information content (AvgIpc) is 1.41. The Morgan fingerprint density at radius 1 is 1.12 bits per heavy atom. The summed E-state index contributed by atoms with van der Waals surface area (Å²) < 4.78 is 0. The normalized spacial score (nSPS) is 4.00. The minimum atomic E-state index is 0. The fourth-order valence-corrected chi connectivity index (χ4v) is 0. The van der Waals surface area contributed by atoms with Crippen molar-refractivity contribution in [3.05, 3.63) is 0 Å². The van der Waals surface area contributed by atoms with E-state index in [0.717, 1.165) is 7.11 Å². The van der Waals surface area contributed by atoms with Crippen LogP contribution in [0.1, 0.15) is 13.8 Å². The van der Waals surface area contributed by atoms with Crippen molar-refractivity contribution < 1.29 is 20.9 Å². The van der Waals surface area contributed by atoms with Gasteiger partial charge in [0, 0.05) is 7.11 Å². The van der Waals surface area contributed by atoms with Crippen molar-refractivity contribution in [2.24, 2.45) is 0 Å². The van der Waals surface area contributed by atoms with Crippen LogP contribution in [-0.2, 0) is 4.79 Å². The lowest BCUT2D eigenvalue weighted by molar-refractivity contribution is -0.114. The molecule has 0 spiro atoms. The minimum absolute atomic E-state index is 0. The molecule has 0 radical (unpaired) electrons. The van der Waals surface area contributed by atoms with Crippen LogP contribution >= 0.6 is 0 Å². The molecular weight excluding hydrogens is 112 g/mol. The quantitative estimate of drug-likeness (QED) is 0.429. The number of hydrogen-bond donors (Lipinski definition) is 1. The molecule has 0 heterocycles. The summed E-state index contributed by atoms with van der Waals surface area (Å²) in [6.07, 6.45) is 0. The zero-order valence-corrected chi connectivity index (χ0v) is 5.36. The number of rotatable bonds is 0. The van der Waals surface area contributed by atoms with Gasteiger partial charge in [0.1, 0.15) is 5.78 Å². The second kappa shape index (κ2) is 31.0. The molecule has 4 nitrogen and oxygen atoms in total. The molecule has 0 rings (SSSR count). The van der Waals surface area contributed by atoms with Crippen molar-refractivity contribution >= 4 is 5.78 Å². The van der Waals surface area contributed by atoms with Crippen LogP contribution in [0.3, 0.4) is 0 Å².